The van der Waals surface area contributed by atoms with Crippen LogP contribution in [-0.2, 0) is 22.8 Å². The summed E-state index contributed by atoms with van der Waals surface area (Å²) >= 11 is 1.30. The highest BCUT2D eigenvalue weighted by molar-refractivity contribution is 7.92. The predicted molar refractivity (Wildman–Crippen MR) is 143 cm³/mol. The first-order chi connectivity index (χ1) is 18.5. The second-order valence-corrected chi connectivity index (χ2v) is 11.4. The number of thiazole rings is 1. The second-order valence-electron chi connectivity index (χ2n) is 8.58. The summed E-state index contributed by atoms with van der Waals surface area (Å²) in [5.41, 5.74) is 1.19. The van der Waals surface area contributed by atoms with Gasteiger partial charge in [0.25, 0.3) is 0 Å². The normalized spacial score (nSPS) is 12.0. The van der Waals surface area contributed by atoms with Crippen LogP contribution in [0.15, 0.2) is 88.4 Å². The predicted octanol–water partition coefficient (Wildman–Crippen LogP) is 6.55. The summed E-state index contributed by atoms with van der Waals surface area (Å²) in [6.45, 7) is 0.167. The van der Waals surface area contributed by atoms with Gasteiger partial charge in [0, 0.05) is 23.5 Å². The maximum atomic E-state index is 13.1. The van der Waals surface area contributed by atoms with Crippen molar-refractivity contribution in [2.24, 2.45) is 0 Å². The first-order valence-electron chi connectivity index (χ1n) is 11.4. The average molecular weight is 573 g/mol. The van der Waals surface area contributed by atoms with Crippen molar-refractivity contribution in [1.82, 2.24) is 4.98 Å². The fourth-order valence-corrected chi connectivity index (χ4v) is 5.19. The Hall–Kier alpha value is -4.16. The van der Waals surface area contributed by atoms with Crippen molar-refractivity contribution < 1.29 is 30.7 Å². The van der Waals surface area contributed by atoms with Crippen LogP contribution in [0.5, 0.6) is 5.75 Å². The van der Waals surface area contributed by atoms with E-state index in [1.807, 2.05) is 0 Å². The molecular formula is C27H19F3N2O5S2. The van der Waals surface area contributed by atoms with Crippen molar-refractivity contribution in [1.29, 1.82) is 0 Å². The monoisotopic (exact) mass is 572 g/mol. The van der Waals surface area contributed by atoms with Crippen LogP contribution < -0.4 is 14.9 Å². The molecular weight excluding hydrogens is 553 g/mol. The molecule has 5 aromatic rings. The van der Waals surface area contributed by atoms with Gasteiger partial charge in [0.2, 0.25) is 10.0 Å². The number of hydrogen-bond donors (Lipinski definition) is 1. The van der Waals surface area contributed by atoms with Crippen LogP contribution >= 0.6 is 11.3 Å². The van der Waals surface area contributed by atoms with E-state index in [1.54, 1.807) is 48.7 Å². The zero-order valence-corrected chi connectivity index (χ0v) is 21.8. The maximum absolute atomic E-state index is 13.1. The van der Waals surface area contributed by atoms with Gasteiger partial charge < -0.3 is 9.15 Å². The van der Waals surface area contributed by atoms with E-state index in [9.17, 15) is 26.4 Å². The Labute approximate surface area is 224 Å². The van der Waals surface area contributed by atoms with Crippen molar-refractivity contribution in [2.45, 2.75) is 12.8 Å². The molecule has 0 saturated heterocycles. The van der Waals surface area contributed by atoms with E-state index in [0.29, 0.717) is 44.1 Å². The van der Waals surface area contributed by atoms with Gasteiger partial charge in [-0.15, -0.1) is 11.3 Å². The van der Waals surface area contributed by atoms with Crippen molar-refractivity contribution >= 4 is 38.0 Å². The molecule has 0 aliphatic heterocycles. The summed E-state index contributed by atoms with van der Waals surface area (Å²) in [6, 6.07) is 16.0. The van der Waals surface area contributed by atoms with E-state index in [0.717, 1.165) is 23.3 Å². The second kappa shape index (κ2) is 10.2. The van der Waals surface area contributed by atoms with Gasteiger partial charge in [0.15, 0.2) is 5.43 Å². The molecule has 0 fully saturated rings. The lowest BCUT2D eigenvalue weighted by molar-refractivity contribution is -0.137. The van der Waals surface area contributed by atoms with E-state index in [1.165, 1.54) is 29.7 Å². The molecule has 7 nitrogen and oxygen atoms in total. The number of nitrogens with zero attached hydrogens (tertiary/aromatic N) is 1. The lowest BCUT2D eigenvalue weighted by Crippen LogP contribution is -2.09. The first kappa shape index (κ1) is 26.4. The SMILES string of the molecule is CS(=O)(=O)Nc1ccc(-c2coc3cc(OCc4cnc(-c5ccc(C(F)(F)F)cc5)s4)ccc3c2=O)cc1. The zero-order chi connectivity index (χ0) is 27.8. The minimum atomic E-state index is -4.40. The Bertz CT molecular complexity index is 1810. The van der Waals surface area contributed by atoms with E-state index in [4.69, 9.17) is 9.15 Å². The Balaban J connectivity index is 1.29. The molecule has 0 saturated carbocycles. The summed E-state index contributed by atoms with van der Waals surface area (Å²) in [5.74, 6) is 0.457. The van der Waals surface area contributed by atoms with Crippen LogP contribution in [0.25, 0.3) is 32.7 Å². The number of rotatable bonds is 7. The van der Waals surface area contributed by atoms with Crippen LogP contribution in [-0.4, -0.2) is 19.7 Å². The highest BCUT2D eigenvalue weighted by Crippen LogP contribution is 2.32. The summed E-state index contributed by atoms with van der Waals surface area (Å²) in [4.78, 5) is 18.1. The number of fused-ring (bicyclic) bond motifs is 1. The summed E-state index contributed by atoms with van der Waals surface area (Å²) in [5, 5.41) is 0.917. The molecule has 39 heavy (non-hydrogen) atoms. The van der Waals surface area contributed by atoms with Gasteiger partial charge >= 0.3 is 6.18 Å². The van der Waals surface area contributed by atoms with Crippen LogP contribution in [0.4, 0.5) is 18.9 Å². The zero-order valence-electron chi connectivity index (χ0n) is 20.2. The van der Waals surface area contributed by atoms with Crippen LogP contribution in [0.3, 0.4) is 0 Å². The number of alkyl halides is 3. The van der Waals surface area contributed by atoms with Crippen molar-refractivity contribution in [3.05, 3.63) is 99.9 Å². The van der Waals surface area contributed by atoms with Gasteiger partial charge in [0.05, 0.1) is 27.6 Å². The molecule has 0 aliphatic carbocycles. The summed E-state index contributed by atoms with van der Waals surface area (Å²) in [6.07, 6.45) is -0.407. The largest absolute Gasteiger partial charge is 0.488 e. The minimum Gasteiger partial charge on any atom is -0.488 e. The molecule has 0 atom stereocenters. The Kier molecular flexibility index (Phi) is 6.91. The molecule has 0 radical (unpaired) electrons. The van der Waals surface area contributed by atoms with E-state index < -0.39 is 21.8 Å². The Morgan fingerprint density at radius 3 is 2.36 bits per heavy atom. The highest BCUT2D eigenvalue weighted by atomic mass is 32.2. The number of nitrogens with one attached hydrogen (secondary N) is 1. The van der Waals surface area contributed by atoms with Gasteiger partial charge in [0.1, 0.15) is 29.2 Å². The number of sulfonamides is 1. The lowest BCUT2D eigenvalue weighted by atomic mass is 10.1. The van der Waals surface area contributed by atoms with Crippen molar-refractivity contribution in [2.75, 3.05) is 11.0 Å². The van der Waals surface area contributed by atoms with E-state index in [2.05, 4.69) is 9.71 Å². The minimum absolute atomic E-state index is 0.167. The third-order valence-corrected chi connectivity index (χ3v) is 7.27. The number of aromatic nitrogens is 1. The molecule has 0 amide bonds. The Morgan fingerprint density at radius 1 is 1.00 bits per heavy atom. The maximum Gasteiger partial charge on any atom is 0.416 e. The van der Waals surface area contributed by atoms with Crippen LogP contribution in [0.2, 0.25) is 0 Å². The summed E-state index contributed by atoms with van der Waals surface area (Å²) < 4.78 is 75.0. The van der Waals surface area contributed by atoms with Gasteiger partial charge in [-0.1, -0.05) is 24.3 Å². The first-order valence-corrected chi connectivity index (χ1v) is 14.1. The van der Waals surface area contributed by atoms with Crippen molar-refractivity contribution in [3.63, 3.8) is 0 Å². The number of benzene rings is 3. The molecule has 5 rings (SSSR count). The smallest absolute Gasteiger partial charge is 0.416 e. The number of hydrogen-bond acceptors (Lipinski definition) is 7. The van der Waals surface area contributed by atoms with Gasteiger partial charge in [-0.05, 0) is 42.0 Å². The topological polar surface area (TPSA) is 98.5 Å². The average Bonchev–Trinajstić information content (AvgIpc) is 3.36. The molecule has 12 heteroatoms. The molecule has 0 spiro atoms. The molecule has 0 bridgehead atoms. The van der Waals surface area contributed by atoms with E-state index in [-0.39, 0.29) is 12.0 Å². The van der Waals surface area contributed by atoms with Crippen LogP contribution in [0.1, 0.15) is 10.4 Å². The lowest BCUT2D eigenvalue weighted by Gasteiger charge is -2.08. The number of anilines is 1. The molecule has 2 heterocycles. The van der Waals surface area contributed by atoms with Crippen molar-refractivity contribution in [3.8, 4) is 27.4 Å². The third kappa shape index (κ3) is 6.13. The highest BCUT2D eigenvalue weighted by Gasteiger charge is 2.30. The quantitative estimate of drug-likeness (QED) is 0.237. The number of ether oxygens (including phenoxy) is 1. The fourth-order valence-electron chi connectivity index (χ4n) is 3.79. The molecule has 1 N–H and O–H groups in total. The standard InChI is InChI=1S/C27H19F3N2O5S2/c1-39(34,35)32-19-8-4-16(5-9-19)23-15-37-24-12-20(10-11-22(24)25(23)33)36-14-21-13-31-26(38-21)17-2-6-18(7-3-17)27(28,29)30/h2-13,15,32H,14H2,1H3. The molecule has 2 aromatic heterocycles. The molecule has 0 aliphatic rings. The third-order valence-electron chi connectivity index (χ3n) is 5.64. The van der Waals surface area contributed by atoms with E-state index >= 15 is 0 Å². The van der Waals surface area contributed by atoms with Crippen LogP contribution in [0, 0.1) is 0 Å². The molecule has 3 aromatic carbocycles. The molecule has 200 valence electrons. The molecule has 0 unspecified atom stereocenters. The fraction of sp³-hybridized carbons (Fsp3) is 0.111. The van der Waals surface area contributed by atoms with Gasteiger partial charge in [-0.2, -0.15) is 13.2 Å². The van der Waals surface area contributed by atoms with Gasteiger partial charge in [-0.3, -0.25) is 9.52 Å². The van der Waals surface area contributed by atoms with Gasteiger partial charge in [-0.25, -0.2) is 13.4 Å². The number of halogens is 3. The Morgan fingerprint density at radius 2 is 1.69 bits per heavy atom. The summed E-state index contributed by atoms with van der Waals surface area (Å²) in [7, 11) is -3.42.